The van der Waals surface area contributed by atoms with Gasteiger partial charge in [0.15, 0.2) is 5.78 Å². The lowest BCUT2D eigenvalue weighted by Crippen LogP contribution is -2.26. The minimum absolute atomic E-state index is 0.203. The van der Waals surface area contributed by atoms with Gasteiger partial charge in [-0.15, -0.1) is 0 Å². The Morgan fingerprint density at radius 3 is 2.04 bits per heavy atom. The number of benzene rings is 2. The van der Waals surface area contributed by atoms with Gasteiger partial charge in [-0.2, -0.15) is 0 Å². The van der Waals surface area contributed by atoms with Gasteiger partial charge in [-0.3, -0.25) is 9.59 Å². The Balaban J connectivity index is 2.42. The molecule has 0 bridgehead atoms. The maximum atomic E-state index is 13.2. The van der Waals surface area contributed by atoms with Crippen LogP contribution in [0.4, 0.5) is 0 Å². The summed E-state index contributed by atoms with van der Waals surface area (Å²) in [4.78, 5) is 25.8. The number of aryl methyl sites for hydroxylation is 2. The summed E-state index contributed by atoms with van der Waals surface area (Å²) in [5, 5.41) is 0. The van der Waals surface area contributed by atoms with E-state index < -0.39 is 11.9 Å². The summed E-state index contributed by atoms with van der Waals surface area (Å²) in [6, 6.07) is 14.8. The molecule has 3 heteroatoms. The maximum absolute atomic E-state index is 13.2. The van der Waals surface area contributed by atoms with Crippen LogP contribution in [0.25, 0.3) is 0 Å². The molecule has 0 radical (unpaired) electrons. The van der Waals surface area contributed by atoms with E-state index in [4.69, 9.17) is 4.74 Å². The molecule has 0 N–H and O–H groups in total. The molecule has 3 nitrogen and oxygen atoms in total. The van der Waals surface area contributed by atoms with E-state index in [1.54, 1.807) is 12.1 Å². The summed E-state index contributed by atoms with van der Waals surface area (Å²) >= 11 is 0. The molecule has 1 unspecified atom stereocenters. The summed E-state index contributed by atoms with van der Waals surface area (Å²) in [6.07, 6.45) is 0. The number of rotatable bonds is 6. The van der Waals surface area contributed by atoms with Crippen LogP contribution < -0.4 is 0 Å². The first-order valence-corrected chi connectivity index (χ1v) is 8.23. The van der Waals surface area contributed by atoms with Gasteiger partial charge in [0.25, 0.3) is 0 Å². The Labute approximate surface area is 143 Å². The standard InChI is InChI=1S/C21H24O3/c1-14(2)13-24-21(23)19(17-11-6-5-7-12-17)20(22)18-15(3)9-8-10-16(18)4/h5-12,14,19H,13H2,1-4H3. The van der Waals surface area contributed by atoms with Crippen molar-refractivity contribution in [3.05, 3.63) is 70.8 Å². The summed E-state index contributed by atoms with van der Waals surface area (Å²) in [6.45, 7) is 8.03. The maximum Gasteiger partial charge on any atom is 0.321 e. The topological polar surface area (TPSA) is 43.4 Å². The number of esters is 1. The minimum atomic E-state index is -0.926. The van der Waals surface area contributed by atoms with Crippen LogP contribution in [-0.4, -0.2) is 18.4 Å². The molecule has 0 aliphatic carbocycles. The molecule has 0 aliphatic heterocycles. The number of ether oxygens (including phenoxy) is 1. The molecule has 0 saturated carbocycles. The zero-order valence-electron chi connectivity index (χ0n) is 14.7. The monoisotopic (exact) mass is 324 g/mol. The number of carbonyl (C=O) groups is 2. The molecule has 1 atom stereocenters. The lowest BCUT2D eigenvalue weighted by molar-refractivity contribution is -0.145. The Morgan fingerprint density at radius 1 is 0.917 bits per heavy atom. The van der Waals surface area contributed by atoms with Crippen molar-refractivity contribution in [1.82, 2.24) is 0 Å². The lowest BCUT2D eigenvalue weighted by Gasteiger charge is -2.18. The average Bonchev–Trinajstić information content (AvgIpc) is 2.54. The molecule has 0 heterocycles. The number of ketones is 1. The van der Waals surface area contributed by atoms with Crippen LogP contribution >= 0.6 is 0 Å². The SMILES string of the molecule is Cc1cccc(C)c1C(=O)C(C(=O)OCC(C)C)c1ccccc1. The minimum Gasteiger partial charge on any atom is -0.465 e. The van der Waals surface area contributed by atoms with Crippen molar-refractivity contribution in [3.8, 4) is 0 Å². The van der Waals surface area contributed by atoms with Crippen LogP contribution in [0.2, 0.25) is 0 Å². The van der Waals surface area contributed by atoms with Crippen molar-refractivity contribution in [2.45, 2.75) is 33.6 Å². The van der Waals surface area contributed by atoms with Crippen LogP contribution in [-0.2, 0) is 9.53 Å². The zero-order valence-corrected chi connectivity index (χ0v) is 14.7. The van der Waals surface area contributed by atoms with E-state index in [0.29, 0.717) is 17.7 Å². The van der Waals surface area contributed by atoms with Gasteiger partial charge in [0.2, 0.25) is 0 Å². The van der Waals surface area contributed by atoms with Gasteiger partial charge < -0.3 is 4.74 Å². The highest BCUT2D eigenvalue weighted by atomic mass is 16.5. The molecule has 2 aromatic rings. The molecule has 0 spiro atoms. The predicted molar refractivity (Wildman–Crippen MR) is 95.2 cm³/mol. The van der Waals surface area contributed by atoms with E-state index >= 15 is 0 Å². The highest BCUT2D eigenvalue weighted by molar-refractivity contribution is 6.14. The number of hydrogen-bond donors (Lipinski definition) is 0. The van der Waals surface area contributed by atoms with Crippen molar-refractivity contribution >= 4 is 11.8 Å². The summed E-state index contributed by atoms with van der Waals surface area (Å²) in [5.41, 5.74) is 3.02. The second-order valence-corrected chi connectivity index (χ2v) is 6.50. The second kappa shape index (κ2) is 7.91. The molecular weight excluding hydrogens is 300 g/mol. The third kappa shape index (κ3) is 4.10. The molecule has 0 aromatic heterocycles. The first-order valence-electron chi connectivity index (χ1n) is 8.23. The average molecular weight is 324 g/mol. The molecule has 2 rings (SSSR count). The molecule has 0 fully saturated rings. The third-order valence-corrected chi connectivity index (χ3v) is 3.92. The van der Waals surface area contributed by atoms with Gasteiger partial charge in [-0.25, -0.2) is 0 Å². The van der Waals surface area contributed by atoms with Crippen LogP contribution in [0, 0.1) is 19.8 Å². The first kappa shape index (κ1) is 17.9. The highest BCUT2D eigenvalue weighted by Gasteiger charge is 2.32. The largest absolute Gasteiger partial charge is 0.465 e. The van der Waals surface area contributed by atoms with Gasteiger partial charge in [0, 0.05) is 5.56 Å². The molecule has 0 saturated heterocycles. The summed E-state index contributed by atoms with van der Waals surface area (Å²) in [7, 11) is 0. The third-order valence-electron chi connectivity index (χ3n) is 3.92. The molecular formula is C21H24O3. The van der Waals surface area contributed by atoms with Crippen molar-refractivity contribution in [1.29, 1.82) is 0 Å². The van der Waals surface area contributed by atoms with E-state index in [1.165, 1.54) is 0 Å². The Morgan fingerprint density at radius 2 is 1.50 bits per heavy atom. The van der Waals surface area contributed by atoms with Crippen molar-refractivity contribution in [2.75, 3.05) is 6.61 Å². The normalized spacial score (nSPS) is 12.0. The molecule has 0 aliphatic rings. The number of Topliss-reactive ketones (excluding diaryl/α,β-unsaturated/α-hetero) is 1. The van der Waals surface area contributed by atoms with E-state index in [1.807, 2.05) is 64.1 Å². The first-order chi connectivity index (χ1) is 11.4. The van der Waals surface area contributed by atoms with Gasteiger partial charge in [-0.05, 0) is 36.5 Å². The Kier molecular flexibility index (Phi) is 5.91. The van der Waals surface area contributed by atoms with Crippen LogP contribution in [0.15, 0.2) is 48.5 Å². The molecule has 126 valence electrons. The van der Waals surface area contributed by atoms with Crippen LogP contribution in [0.3, 0.4) is 0 Å². The van der Waals surface area contributed by atoms with Crippen molar-refractivity contribution in [2.24, 2.45) is 5.92 Å². The molecule has 24 heavy (non-hydrogen) atoms. The highest BCUT2D eigenvalue weighted by Crippen LogP contribution is 2.26. The quantitative estimate of drug-likeness (QED) is 0.447. The number of hydrogen-bond acceptors (Lipinski definition) is 3. The van der Waals surface area contributed by atoms with Gasteiger partial charge in [0.05, 0.1) is 6.61 Å². The van der Waals surface area contributed by atoms with E-state index in [9.17, 15) is 9.59 Å². The summed E-state index contributed by atoms with van der Waals surface area (Å²) < 4.78 is 5.38. The van der Waals surface area contributed by atoms with E-state index in [2.05, 4.69) is 0 Å². The van der Waals surface area contributed by atoms with Gasteiger partial charge in [-0.1, -0.05) is 62.4 Å². The van der Waals surface area contributed by atoms with Crippen molar-refractivity contribution < 1.29 is 14.3 Å². The predicted octanol–water partition coefficient (Wildman–Crippen LogP) is 4.47. The molecule has 2 aromatic carbocycles. The second-order valence-electron chi connectivity index (χ2n) is 6.50. The number of carbonyl (C=O) groups excluding carboxylic acids is 2. The Bertz CT molecular complexity index is 697. The Hall–Kier alpha value is -2.42. The van der Waals surface area contributed by atoms with Crippen molar-refractivity contribution in [3.63, 3.8) is 0 Å². The summed E-state index contributed by atoms with van der Waals surface area (Å²) in [5.74, 6) is -1.39. The van der Waals surface area contributed by atoms with Crippen LogP contribution in [0.1, 0.15) is 46.8 Å². The fourth-order valence-corrected chi connectivity index (χ4v) is 2.72. The van der Waals surface area contributed by atoms with Gasteiger partial charge in [0.1, 0.15) is 5.92 Å². The smallest absolute Gasteiger partial charge is 0.321 e. The lowest BCUT2D eigenvalue weighted by atomic mass is 9.87. The van der Waals surface area contributed by atoms with E-state index in [-0.39, 0.29) is 11.7 Å². The molecule has 0 amide bonds. The van der Waals surface area contributed by atoms with E-state index in [0.717, 1.165) is 11.1 Å². The fourth-order valence-electron chi connectivity index (χ4n) is 2.72. The zero-order chi connectivity index (χ0) is 17.7. The fraction of sp³-hybridized carbons (Fsp3) is 0.333. The van der Waals surface area contributed by atoms with Crippen LogP contribution in [0.5, 0.6) is 0 Å². The van der Waals surface area contributed by atoms with Gasteiger partial charge >= 0.3 is 5.97 Å².